The highest BCUT2D eigenvalue weighted by Crippen LogP contribution is 2.13. The van der Waals surface area contributed by atoms with Crippen LogP contribution in [0.25, 0.3) is 0 Å². The molecule has 0 bridgehead atoms. The van der Waals surface area contributed by atoms with Gasteiger partial charge < -0.3 is 181 Å². The first-order valence-electron chi connectivity index (χ1n) is 43.6. The topological polar surface area (TPSA) is 425 Å². The average molecular weight is 1810 g/mol. The van der Waals surface area contributed by atoms with Crippen LogP contribution in [0.4, 0.5) is 0 Å². The van der Waals surface area contributed by atoms with E-state index in [-0.39, 0.29) is 44.8 Å². The fourth-order valence-corrected chi connectivity index (χ4v) is 9.08. The Morgan fingerprint density at radius 1 is 0.194 bits per heavy atom. The van der Waals surface area contributed by atoms with Crippen LogP contribution in [0.2, 0.25) is 0 Å². The zero-order valence-electron chi connectivity index (χ0n) is 74.4. The number of nitrogens with one attached hydrogen (secondary N) is 1. The van der Waals surface area contributed by atoms with Gasteiger partial charge in [0.15, 0.2) is 0 Å². The molecule has 0 radical (unpaired) electrons. The minimum atomic E-state index is -0.708. The second-order valence-corrected chi connectivity index (χ2v) is 25.3. The number of carbonyl (C=O) groups is 4. The summed E-state index contributed by atoms with van der Waals surface area (Å²) in [5, 5.41) is 3.32. The van der Waals surface area contributed by atoms with Crippen LogP contribution in [0, 0.1) is 0 Å². The Balaban J connectivity index is 1.60. The monoisotopic (exact) mass is 1810 g/mol. The number of hydrogen-bond acceptors (Lipinski definition) is 41. The maximum atomic E-state index is 12.1. The van der Waals surface area contributed by atoms with E-state index in [2.05, 4.69) is 5.32 Å². The van der Waals surface area contributed by atoms with Gasteiger partial charge >= 0.3 is 5.97 Å². The first-order valence-corrected chi connectivity index (χ1v) is 43.6. The molecule has 1 saturated heterocycles. The average Bonchev–Trinajstić information content (AvgIpc) is 1.74. The molecule has 43 nitrogen and oxygen atoms in total. The molecule has 124 heavy (non-hydrogen) atoms. The molecule has 3 amide bonds. The third-order valence-corrected chi connectivity index (χ3v) is 15.4. The van der Waals surface area contributed by atoms with Gasteiger partial charge in [0.25, 0.3) is 11.8 Å². The number of nitrogens with zero attached hydrogens (tertiary/aromatic N) is 1. The molecule has 0 aliphatic carbocycles. The highest BCUT2D eigenvalue weighted by molar-refractivity contribution is 6.01. The second kappa shape index (κ2) is 107. The summed E-state index contributed by atoms with van der Waals surface area (Å²) in [6.07, 6.45) is 0.263. The van der Waals surface area contributed by atoms with E-state index in [0.717, 1.165) is 0 Å². The highest BCUT2D eigenvalue weighted by Gasteiger charge is 2.32. The molecule has 0 spiro atoms. The lowest BCUT2D eigenvalue weighted by molar-refractivity contribution is -0.198. The molecule has 1 rings (SSSR count). The lowest BCUT2D eigenvalue weighted by Crippen LogP contribution is -2.32. The molecule has 736 valence electrons. The second-order valence-electron chi connectivity index (χ2n) is 25.3. The summed E-state index contributed by atoms with van der Waals surface area (Å²) < 4.78 is 197. The van der Waals surface area contributed by atoms with E-state index < -0.39 is 17.8 Å². The van der Waals surface area contributed by atoms with E-state index >= 15 is 0 Å². The van der Waals surface area contributed by atoms with Gasteiger partial charge in [-0.05, 0) is 0 Å². The first kappa shape index (κ1) is 119. The summed E-state index contributed by atoms with van der Waals surface area (Å²) in [4.78, 5) is 51.5. The number of imide groups is 1. The van der Waals surface area contributed by atoms with Gasteiger partial charge in [0, 0.05) is 32.9 Å². The van der Waals surface area contributed by atoms with Gasteiger partial charge in [0.2, 0.25) is 5.91 Å². The first-order chi connectivity index (χ1) is 61.5. The van der Waals surface area contributed by atoms with Gasteiger partial charge in [-0.15, -0.1) is 5.06 Å². The molecule has 1 aliphatic heterocycles. The van der Waals surface area contributed by atoms with Gasteiger partial charge in [-0.1, -0.05) is 0 Å². The van der Waals surface area contributed by atoms with Gasteiger partial charge in [0.1, 0.15) is 0 Å². The fourth-order valence-electron chi connectivity index (χ4n) is 9.08. The Morgan fingerprint density at radius 2 is 0.323 bits per heavy atom. The van der Waals surface area contributed by atoms with Crippen molar-refractivity contribution in [3.05, 3.63) is 0 Å². The van der Waals surface area contributed by atoms with E-state index in [1.54, 1.807) is 7.11 Å². The van der Waals surface area contributed by atoms with E-state index in [1.165, 1.54) is 0 Å². The lowest BCUT2D eigenvalue weighted by Gasteiger charge is -2.12. The summed E-state index contributed by atoms with van der Waals surface area (Å²) in [6, 6.07) is 0. The largest absolute Gasteiger partial charge is 0.382 e. The van der Waals surface area contributed by atoms with Crippen molar-refractivity contribution in [1.82, 2.24) is 10.4 Å². The number of methoxy groups -OCH3 is 1. The molecule has 0 aromatic heterocycles. The predicted octanol–water partition coefficient (Wildman–Crippen LogP) is -0.283. The zero-order chi connectivity index (χ0) is 88.5. The molecule has 0 saturated carbocycles. The third kappa shape index (κ3) is 99.2. The van der Waals surface area contributed by atoms with Crippen molar-refractivity contribution >= 4 is 23.7 Å². The van der Waals surface area contributed by atoms with Crippen LogP contribution in [0.1, 0.15) is 25.7 Å². The molecule has 0 atom stereocenters. The maximum Gasteiger partial charge on any atom is 0.335 e. The zero-order valence-corrected chi connectivity index (χ0v) is 74.4. The Hall–Kier alpha value is -3.36. The van der Waals surface area contributed by atoms with Crippen LogP contribution in [0.3, 0.4) is 0 Å². The van der Waals surface area contributed by atoms with Gasteiger partial charge in [0.05, 0.1) is 476 Å². The Bertz CT molecular complexity index is 2110. The molecule has 1 N–H and O–H groups in total. The SMILES string of the molecule is COCCOCCOCCOCCOCCOCCOCCOCCOCCOCCOCCOCCC(=O)NCCOCCOCCOCCOCCOCCOCCOCCOCCOCCOCCOCCOCCOCCOCCOCCOCCOCCOCCOCCOCCOCCOCCOCCOCCC(=O)ON1C(=O)CCC1=O. The van der Waals surface area contributed by atoms with Crippen molar-refractivity contribution in [2.24, 2.45) is 0 Å². The van der Waals surface area contributed by atoms with Crippen molar-refractivity contribution in [1.29, 1.82) is 0 Å². The van der Waals surface area contributed by atoms with Crippen molar-refractivity contribution in [2.45, 2.75) is 25.7 Å². The van der Waals surface area contributed by atoms with E-state index in [1.807, 2.05) is 0 Å². The summed E-state index contributed by atoms with van der Waals surface area (Å²) >= 11 is 0. The number of hydroxylamine groups is 2. The number of amides is 3. The fraction of sp³-hybridized carbons (Fsp3) is 0.951. The number of ether oxygens (including phenoxy) is 36. The minimum Gasteiger partial charge on any atom is -0.382 e. The number of rotatable bonds is 112. The van der Waals surface area contributed by atoms with Crippen LogP contribution in [0.5, 0.6) is 0 Å². The Morgan fingerprint density at radius 3 is 0.476 bits per heavy atom. The van der Waals surface area contributed by atoms with E-state index in [9.17, 15) is 19.2 Å². The van der Waals surface area contributed by atoms with Crippen LogP contribution < -0.4 is 5.32 Å². The van der Waals surface area contributed by atoms with Crippen molar-refractivity contribution in [2.75, 3.05) is 483 Å². The van der Waals surface area contributed by atoms with Crippen LogP contribution in [-0.2, 0) is 195 Å². The van der Waals surface area contributed by atoms with Crippen molar-refractivity contribution in [3.63, 3.8) is 0 Å². The summed E-state index contributed by atoms with van der Waals surface area (Å²) in [5.74, 6) is -1.85. The summed E-state index contributed by atoms with van der Waals surface area (Å²) in [6.45, 7) is 32.4. The van der Waals surface area contributed by atoms with E-state index in [0.29, 0.717) is 467 Å². The van der Waals surface area contributed by atoms with Gasteiger partial charge in [-0.25, -0.2) is 4.79 Å². The van der Waals surface area contributed by atoms with Gasteiger partial charge in [-0.3, -0.25) is 14.4 Å². The van der Waals surface area contributed by atoms with E-state index in [4.69, 9.17) is 175 Å². The van der Waals surface area contributed by atoms with Crippen LogP contribution in [-0.4, -0.2) is 511 Å². The van der Waals surface area contributed by atoms with Gasteiger partial charge in [-0.2, -0.15) is 0 Å². The molecule has 0 aromatic carbocycles. The highest BCUT2D eigenvalue weighted by atomic mass is 16.7. The van der Waals surface area contributed by atoms with Crippen molar-refractivity contribution in [3.8, 4) is 0 Å². The molecular weight excluding hydrogens is 1660 g/mol. The standard InChI is InChI=1S/C81H156N2O41/c1-88-10-11-92-18-19-96-26-27-100-34-35-104-42-43-108-50-51-109-47-44-105-39-36-101-31-28-97-23-20-93-15-12-89-7-4-78(84)82-6-9-91-14-17-95-22-25-99-30-33-103-38-41-107-46-49-111-53-55-113-57-59-115-61-63-117-65-67-119-69-71-121-73-75-123-77-76-122-74-72-120-70-68-118-66-64-116-62-60-114-58-56-112-54-52-110-48-45-106-40-37-102-32-29-98-24-21-94-16-13-90-8-5-81(87)124-83-79(85)2-3-80(83)86/h2-77H2,1H3,(H,82,84). The molecule has 0 aromatic rings. The van der Waals surface area contributed by atoms with Crippen LogP contribution >= 0.6 is 0 Å². The lowest BCUT2D eigenvalue weighted by atomic mass is 10.4. The molecule has 1 fully saturated rings. The predicted molar refractivity (Wildman–Crippen MR) is 440 cm³/mol. The van der Waals surface area contributed by atoms with Crippen molar-refractivity contribution < 1.29 is 195 Å². The quantitative estimate of drug-likeness (QED) is 0.0604. The normalized spacial score (nSPS) is 12.4. The molecule has 1 heterocycles. The smallest absolute Gasteiger partial charge is 0.335 e. The molecule has 43 heteroatoms. The third-order valence-electron chi connectivity index (χ3n) is 15.4. The molecule has 1 aliphatic rings. The Labute approximate surface area is 734 Å². The minimum absolute atomic E-state index is 0.0491. The Kier molecular flexibility index (Phi) is 102. The maximum absolute atomic E-state index is 12.1. The number of hydrogen-bond donors (Lipinski definition) is 1. The molecule has 0 unspecified atom stereocenters. The number of carbonyl (C=O) groups excluding carboxylic acids is 4. The van der Waals surface area contributed by atoms with Crippen LogP contribution in [0.15, 0.2) is 0 Å². The molecular formula is C81H156N2O41. The summed E-state index contributed by atoms with van der Waals surface area (Å²) in [7, 11) is 1.64. The summed E-state index contributed by atoms with van der Waals surface area (Å²) in [5.41, 5.74) is 0.